The molecule has 1 aliphatic heterocycles. The first-order chi connectivity index (χ1) is 9.60. The predicted octanol–water partition coefficient (Wildman–Crippen LogP) is 2.29. The van der Waals surface area contributed by atoms with Gasteiger partial charge in [-0.3, -0.25) is 0 Å². The molecule has 0 spiro atoms. The third-order valence-electron chi connectivity index (χ3n) is 3.44. The molecule has 1 saturated heterocycles. The molecule has 0 aromatic carbocycles. The molecular formula is C12H11Cl2FN4O. The fraction of sp³-hybridized carbons (Fsp3) is 0.417. The van der Waals surface area contributed by atoms with E-state index < -0.39 is 5.82 Å². The summed E-state index contributed by atoms with van der Waals surface area (Å²) in [6, 6.07) is 0. The number of aliphatic hydroxyl groups is 1. The largest absolute Gasteiger partial charge is 0.396 e. The van der Waals surface area contributed by atoms with E-state index in [0.29, 0.717) is 17.7 Å². The van der Waals surface area contributed by atoms with Gasteiger partial charge in [0.15, 0.2) is 11.0 Å². The fourth-order valence-electron chi connectivity index (χ4n) is 2.41. The van der Waals surface area contributed by atoms with Crippen LogP contribution in [0.4, 0.5) is 10.2 Å². The van der Waals surface area contributed by atoms with E-state index in [4.69, 9.17) is 23.2 Å². The highest BCUT2D eigenvalue weighted by molar-refractivity contribution is 6.30. The molecular weight excluding hydrogens is 306 g/mol. The number of hydrogen-bond donors (Lipinski definition) is 1. The molecule has 1 N–H and O–H groups in total. The lowest BCUT2D eigenvalue weighted by Crippen LogP contribution is -2.22. The van der Waals surface area contributed by atoms with Crippen molar-refractivity contribution in [3.8, 4) is 0 Å². The van der Waals surface area contributed by atoms with E-state index in [-0.39, 0.29) is 28.5 Å². The first kappa shape index (κ1) is 13.7. The average Bonchev–Trinajstić information content (AvgIpc) is 2.91. The van der Waals surface area contributed by atoms with Gasteiger partial charge >= 0.3 is 0 Å². The van der Waals surface area contributed by atoms with Crippen molar-refractivity contribution in [2.45, 2.75) is 6.42 Å². The molecule has 0 amide bonds. The Bertz CT molecular complexity index is 669. The lowest BCUT2D eigenvalue weighted by Gasteiger charge is -2.19. The normalized spacial score (nSPS) is 19.0. The van der Waals surface area contributed by atoms with Gasteiger partial charge in [0.1, 0.15) is 11.3 Å². The third-order valence-corrected chi connectivity index (χ3v) is 3.87. The lowest BCUT2D eigenvalue weighted by atomic mass is 10.1. The average molecular weight is 317 g/mol. The van der Waals surface area contributed by atoms with Gasteiger partial charge in [0, 0.05) is 31.8 Å². The number of anilines is 1. The highest BCUT2D eigenvalue weighted by Crippen LogP contribution is 2.31. The Kier molecular flexibility index (Phi) is 3.62. The van der Waals surface area contributed by atoms with Crippen LogP contribution >= 0.6 is 23.2 Å². The van der Waals surface area contributed by atoms with Gasteiger partial charge in [-0.25, -0.2) is 14.4 Å². The zero-order chi connectivity index (χ0) is 14.3. The van der Waals surface area contributed by atoms with Crippen molar-refractivity contribution in [2.75, 3.05) is 24.6 Å². The Hall–Kier alpha value is -1.24. The summed E-state index contributed by atoms with van der Waals surface area (Å²) in [6.07, 6.45) is 2.29. The first-order valence-electron chi connectivity index (χ1n) is 6.13. The molecule has 8 heteroatoms. The fourth-order valence-corrected chi connectivity index (χ4v) is 2.71. The van der Waals surface area contributed by atoms with E-state index in [1.54, 1.807) is 0 Å². The maximum absolute atomic E-state index is 14.0. The quantitative estimate of drug-likeness (QED) is 0.680. The van der Waals surface area contributed by atoms with Crippen LogP contribution in [-0.4, -0.2) is 39.8 Å². The molecule has 20 heavy (non-hydrogen) atoms. The Morgan fingerprint density at radius 1 is 1.40 bits per heavy atom. The van der Waals surface area contributed by atoms with Gasteiger partial charge in [-0.05, 0) is 18.0 Å². The van der Waals surface area contributed by atoms with Gasteiger partial charge in [0.05, 0.1) is 5.39 Å². The minimum atomic E-state index is -0.701. The van der Waals surface area contributed by atoms with Crippen LogP contribution < -0.4 is 4.90 Å². The molecule has 0 radical (unpaired) electrons. The SMILES string of the molecule is OCC1CCN(c2nc(Cl)nc3c(F)c(Cl)ncc23)C1. The van der Waals surface area contributed by atoms with E-state index in [1.165, 1.54) is 6.20 Å². The molecule has 2 aromatic rings. The maximum Gasteiger partial charge on any atom is 0.225 e. The van der Waals surface area contributed by atoms with Crippen molar-refractivity contribution in [3.63, 3.8) is 0 Å². The zero-order valence-corrected chi connectivity index (χ0v) is 11.9. The van der Waals surface area contributed by atoms with Crippen molar-refractivity contribution in [1.29, 1.82) is 0 Å². The summed E-state index contributed by atoms with van der Waals surface area (Å²) in [5, 5.41) is 9.39. The molecule has 3 heterocycles. The second-order valence-corrected chi connectivity index (χ2v) is 5.42. The second kappa shape index (κ2) is 5.27. The summed E-state index contributed by atoms with van der Waals surface area (Å²) in [7, 11) is 0. The number of hydrogen-bond acceptors (Lipinski definition) is 5. The first-order valence-corrected chi connectivity index (χ1v) is 6.88. The number of aromatic nitrogens is 3. The van der Waals surface area contributed by atoms with Crippen LogP contribution in [0, 0.1) is 11.7 Å². The summed E-state index contributed by atoms with van der Waals surface area (Å²) in [4.78, 5) is 13.8. The van der Waals surface area contributed by atoms with Crippen molar-refractivity contribution in [3.05, 3.63) is 22.5 Å². The van der Waals surface area contributed by atoms with Crippen LogP contribution in [0.3, 0.4) is 0 Å². The van der Waals surface area contributed by atoms with Crippen LogP contribution in [-0.2, 0) is 0 Å². The Morgan fingerprint density at radius 2 is 2.20 bits per heavy atom. The van der Waals surface area contributed by atoms with Crippen LogP contribution in [0.5, 0.6) is 0 Å². The van der Waals surface area contributed by atoms with Crippen molar-refractivity contribution < 1.29 is 9.50 Å². The van der Waals surface area contributed by atoms with Crippen LogP contribution in [0.15, 0.2) is 6.20 Å². The van der Waals surface area contributed by atoms with Gasteiger partial charge in [0.2, 0.25) is 5.28 Å². The van der Waals surface area contributed by atoms with Crippen molar-refractivity contribution in [2.24, 2.45) is 5.92 Å². The highest BCUT2D eigenvalue weighted by Gasteiger charge is 2.26. The summed E-state index contributed by atoms with van der Waals surface area (Å²) in [6.45, 7) is 1.48. The topological polar surface area (TPSA) is 62.1 Å². The minimum absolute atomic E-state index is 0.0406. The monoisotopic (exact) mass is 316 g/mol. The molecule has 2 aromatic heterocycles. The highest BCUT2D eigenvalue weighted by atomic mass is 35.5. The maximum atomic E-state index is 14.0. The zero-order valence-electron chi connectivity index (χ0n) is 10.4. The molecule has 1 atom stereocenters. The molecule has 0 aliphatic carbocycles. The molecule has 1 unspecified atom stereocenters. The number of rotatable bonds is 2. The molecule has 1 aliphatic rings. The number of halogens is 3. The van der Waals surface area contributed by atoms with E-state index in [9.17, 15) is 9.50 Å². The lowest BCUT2D eigenvalue weighted by molar-refractivity contribution is 0.238. The Balaban J connectivity index is 2.13. The molecule has 1 fully saturated rings. The summed E-state index contributed by atoms with van der Waals surface area (Å²) < 4.78 is 14.0. The van der Waals surface area contributed by atoms with E-state index >= 15 is 0 Å². The van der Waals surface area contributed by atoms with E-state index in [1.807, 2.05) is 4.90 Å². The van der Waals surface area contributed by atoms with Crippen LogP contribution in [0.25, 0.3) is 10.9 Å². The van der Waals surface area contributed by atoms with Crippen molar-refractivity contribution >= 4 is 39.9 Å². The molecule has 106 valence electrons. The number of nitrogens with zero attached hydrogens (tertiary/aromatic N) is 4. The number of pyridine rings is 1. The Morgan fingerprint density at radius 3 is 2.90 bits per heavy atom. The van der Waals surface area contributed by atoms with Crippen LogP contribution in [0.2, 0.25) is 10.4 Å². The third kappa shape index (κ3) is 2.28. The summed E-state index contributed by atoms with van der Waals surface area (Å²) in [5.41, 5.74) is 0.0625. The van der Waals surface area contributed by atoms with Crippen LogP contribution in [0.1, 0.15) is 6.42 Å². The standard InChI is InChI=1S/C12H11Cl2FN4O/c13-10-8(15)9-7(3-16-10)11(18-12(14)17-9)19-2-1-6(4-19)5-20/h3,6,20H,1-2,4-5H2. The van der Waals surface area contributed by atoms with Gasteiger partial charge in [-0.1, -0.05) is 11.6 Å². The van der Waals surface area contributed by atoms with Crippen molar-refractivity contribution in [1.82, 2.24) is 15.0 Å². The predicted molar refractivity (Wildman–Crippen MR) is 74.7 cm³/mol. The van der Waals surface area contributed by atoms with Gasteiger partial charge in [-0.15, -0.1) is 0 Å². The molecule has 0 saturated carbocycles. The number of aliphatic hydroxyl groups excluding tert-OH is 1. The summed E-state index contributed by atoms with van der Waals surface area (Å²) in [5.74, 6) is 0.00976. The molecule has 0 bridgehead atoms. The Labute approximate surface area is 124 Å². The molecule has 3 rings (SSSR count). The van der Waals surface area contributed by atoms with Gasteiger partial charge in [0.25, 0.3) is 0 Å². The van der Waals surface area contributed by atoms with E-state index in [0.717, 1.165) is 13.0 Å². The summed E-state index contributed by atoms with van der Waals surface area (Å²) >= 11 is 11.5. The number of fused-ring (bicyclic) bond motifs is 1. The van der Waals surface area contributed by atoms with Gasteiger partial charge in [-0.2, -0.15) is 4.98 Å². The molecule has 5 nitrogen and oxygen atoms in total. The smallest absolute Gasteiger partial charge is 0.225 e. The van der Waals surface area contributed by atoms with Gasteiger partial charge < -0.3 is 10.0 Å². The van der Waals surface area contributed by atoms with E-state index in [2.05, 4.69) is 15.0 Å². The minimum Gasteiger partial charge on any atom is -0.396 e. The second-order valence-electron chi connectivity index (χ2n) is 4.72.